The van der Waals surface area contributed by atoms with Crippen LogP contribution in [0.1, 0.15) is 37.8 Å². The van der Waals surface area contributed by atoms with Gasteiger partial charge in [-0.3, -0.25) is 0 Å². The average Bonchev–Trinajstić information content (AvgIpc) is 3.30. The van der Waals surface area contributed by atoms with Gasteiger partial charge in [-0.05, 0) is 35.4 Å². The minimum Gasteiger partial charge on any atom is -0.387 e. The van der Waals surface area contributed by atoms with Crippen LogP contribution in [-0.4, -0.2) is 37.5 Å². The standard InChI is InChI=1S/C27H28ClN5O2S/c1-27(2,3)25(29)30-26(32-36(34,35)22-12-8-5-9-13-22)33-18-23(19-10-6-4-7-11-19)24(31-33)20-14-16-21(28)17-15-20/h4-17,23H,18H2,1-3H3,(H2,29,30,32). The second-order valence-electron chi connectivity index (χ2n) is 9.46. The van der Waals surface area contributed by atoms with Crippen molar-refractivity contribution in [3.05, 3.63) is 101 Å². The Kier molecular flexibility index (Phi) is 7.28. The fourth-order valence-corrected chi connectivity index (χ4v) is 4.69. The van der Waals surface area contributed by atoms with Crippen LogP contribution in [0, 0.1) is 5.41 Å². The number of hydrazone groups is 1. The Morgan fingerprint density at radius 1 is 0.972 bits per heavy atom. The van der Waals surface area contributed by atoms with Crippen molar-refractivity contribution in [3.63, 3.8) is 0 Å². The zero-order valence-electron chi connectivity index (χ0n) is 20.3. The maximum Gasteiger partial charge on any atom is 0.285 e. The summed E-state index contributed by atoms with van der Waals surface area (Å²) in [5.41, 5.74) is 8.43. The minimum absolute atomic E-state index is 0.0627. The van der Waals surface area contributed by atoms with Gasteiger partial charge in [-0.25, -0.2) is 5.01 Å². The molecule has 186 valence electrons. The monoisotopic (exact) mass is 521 g/mol. The van der Waals surface area contributed by atoms with Gasteiger partial charge in [0.05, 0.1) is 17.2 Å². The average molecular weight is 522 g/mol. The van der Waals surface area contributed by atoms with E-state index in [1.807, 2.05) is 63.2 Å². The molecule has 4 rings (SSSR count). The molecule has 0 fully saturated rings. The van der Waals surface area contributed by atoms with Gasteiger partial charge in [0, 0.05) is 16.4 Å². The highest BCUT2D eigenvalue weighted by Gasteiger charge is 2.33. The molecule has 0 amide bonds. The Morgan fingerprint density at radius 2 is 1.56 bits per heavy atom. The zero-order valence-corrected chi connectivity index (χ0v) is 21.9. The molecule has 2 N–H and O–H groups in total. The molecule has 0 saturated carbocycles. The van der Waals surface area contributed by atoms with Crippen molar-refractivity contribution in [2.24, 2.45) is 25.6 Å². The van der Waals surface area contributed by atoms with Crippen LogP contribution in [0.3, 0.4) is 0 Å². The number of hydrogen-bond acceptors (Lipinski definition) is 3. The van der Waals surface area contributed by atoms with Crippen molar-refractivity contribution in [1.82, 2.24) is 5.01 Å². The van der Waals surface area contributed by atoms with E-state index in [2.05, 4.69) is 9.39 Å². The Labute approximate surface area is 217 Å². The van der Waals surface area contributed by atoms with Crippen molar-refractivity contribution in [2.75, 3.05) is 6.54 Å². The highest BCUT2D eigenvalue weighted by Crippen LogP contribution is 2.30. The number of halogens is 1. The number of rotatable bonds is 4. The summed E-state index contributed by atoms with van der Waals surface area (Å²) in [6.07, 6.45) is 0. The van der Waals surface area contributed by atoms with Crippen molar-refractivity contribution < 1.29 is 8.42 Å². The Morgan fingerprint density at radius 3 is 2.14 bits per heavy atom. The van der Waals surface area contributed by atoms with E-state index in [0.717, 1.165) is 16.8 Å². The molecule has 0 spiro atoms. The molecule has 3 aromatic rings. The first kappa shape index (κ1) is 25.6. The van der Waals surface area contributed by atoms with E-state index in [4.69, 9.17) is 22.4 Å². The summed E-state index contributed by atoms with van der Waals surface area (Å²) in [5.74, 6) is 0.00940. The summed E-state index contributed by atoms with van der Waals surface area (Å²) >= 11 is 6.11. The zero-order chi connectivity index (χ0) is 25.9. The topological polar surface area (TPSA) is 100 Å². The summed E-state index contributed by atoms with van der Waals surface area (Å²) in [5, 5.41) is 6.94. The molecule has 0 aromatic heterocycles. The van der Waals surface area contributed by atoms with Crippen LogP contribution >= 0.6 is 11.6 Å². The molecular formula is C27H28ClN5O2S. The molecule has 7 nitrogen and oxygen atoms in total. The SMILES string of the molecule is CC(C)(C)/C(N)=N/C(=N\S(=O)(=O)c1ccccc1)N1CC(c2ccccc2)C(c2ccc(Cl)cc2)=N1. The maximum atomic E-state index is 13.2. The van der Waals surface area contributed by atoms with E-state index in [0.29, 0.717) is 11.6 Å². The molecule has 0 aliphatic carbocycles. The van der Waals surface area contributed by atoms with Crippen molar-refractivity contribution in [3.8, 4) is 0 Å². The van der Waals surface area contributed by atoms with E-state index >= 15 is 0 Å². The molecule has 1 heterocycles. The van der Waals surface area contributed by atoms with Crippen molar-refractivity contribution in [2.45, 2.75) is 31.6 Å². The van der Waals surface area contributed by atoms with Crippen LogP contribution in [0.15, 0.2) is 104 Å². The molecule has 3 aromatic carbocycles. The van der Waals surface area contributed by atoms with Gasteiger partial charge in [-0.15, -0.1) is 4.40 Å². The number of nitrogens with two attached hydrogens (primary N) is 1. The second-order valence-corrected chi connectivity index (χ2v) is 11.5. The van der Waals surface area contributed by atoms with Gasteiger partial charge in [0.2, 0.25) is 0 Å². The second kappa shape index (κ2) is 10.2. The first-order chi connectivity index (χ1) is 17.0. The largest absolute Gasteiger partial charge is 0.387 e. The fourth-order valence-electron chi connectivity index (χ4n) is 3.61. The first-order valence-corrected chi connectivity index (χ1v) is 13.3. The van der Waals surface area contributed by atoms with Gasteiger partial charge in [-0.1, -0.05) is 93.0 Å². The summed E-state index contributed by atoms with van der Waals surface area (Å²) in [4.78, 5) is 4.54. The number of nitrogens with zero attached hydrogens (tertiary/aromatic N) is 4. The van der Waals surface area contributed by atoms with Crippen LogP contribution in [0.25, 0.3) is 0 Å². The molecule has 0 bridgehead atoms. The molecule has 9 heteroatoms. The van der Waals surface area contributed by atoms with Gasteiger partial charge in [0.15, 0.2) is 0 Å². The van der Waals surface area contributed by atoms with E-state index < -0.39 is 15.4 Å². The quantitative estimate of drug-likeness (QED) is 0.372. The first-order valence-electron chi connectivity index (χ1n) is 11.5. The van der Waals surface area contributed by atoms with E-state index in [1.165, 1.54) is 17.1 Å². The predicted molar refractivity (Wildman–Crippen MR) is 146 cm³/mol. The van der Waals surface area contributed by atoms with E-state index in [1.54, 1.807) is 30.3 Å². The molecule has 1 atom stereocenters. The van der Waals surface area contributed by atoms with Crippen LogP contribution in [0.2, 0.25) is 5.02 Å². The number of aliphatic imine (C=N–C) groups is 1. The van der Waals surface area contributed by atoms with Crippen LogP contribution in [0.5, 0.6) is 0 Å². The number of sulfonamides is 1. The molecule has 1 aliphatic rings. The van der Waals surface area contributed by atoms with E-state index in [-0.39, 0.29) is 22.6 Å². The Bertz CT molecular complexity index is 1410. The third-order valence-electron chi connectivity index (χ3n) is 5.72. The number of benzene rings is 3. The Balaban J connectivity index is 1.85. The number of amidine groups is 1. The maximum absolute atomic E-state index is 13.2. The van der Waals surface area contributed by atoms with E-state index in [9.17, 15) is 8.42 Å². The molecule has 1 aliphatic heterocycles. The number of hydrogen-bond donors (Lipinski definition) is 1. The van der Waals surface area contributed by atoms with Gasteiger partial charge >= 0.3 is 0 Å². The molecule has 0 radical (unpaired) electrons. The third-order valence-corrected chi connectivity index (χ3v) is 7.24. The predicted octanol–water partition coefficient (Wildman–Crippen LogP) is 5.29. The van der Waals surface area contributed by atoms with Crippen LogP contribution in [0.4, 0.5) is 0 Å². The highest BCUT2D eigenvalue weighted by atomic mass is 35.5. The molecule has 1 unspecified atom stereocenters. The minimum atomic E-state index is -4.06. The summed E-state index contributed by atoms with van der Waals surface area (Å²) in [6.45, 7) is 6.03. The van der Waals surface area contributed by atoms with Gasteiger partial charge in [0.1, 0.15) is 5.84 Å². The lowest BCUT2D eigenvalue weighted by Gasteiger charge is -2.20. The van der Waals surface area contributed by atoms with Crippen LogP contribution < -0.4 is 5.73 Å². The summed E-state index contributed by atoms with van der Waals surface area (Å²) < 4.78 is 30.5. The van der Waals surface area contributed by atoms with Gasteiger partial charge in [0.25, 0.3) is 16.0 Å². The Hall–Kier alpha value is -3.49. The third kappa shape index (κ3) is 5.83. The fraction of sp³-hybridized carbons (Fsp3) is 0.222. The number of guanidine groups is 1. The molecule has 36 heavy (non-hydrogen) atoms. The van der Waals surface area contributed by atoms with Crippen molar-refractivity contribution >= 4 is 39.1 Å². The molecule has 0 saturated heterocycles. The molecular weight excluding hydrogens is 494 g/mol. The van der Waals surface area contributed by atoms with Crippen molar-refractivity contribution in [1.29, 1.82) is 0 Å². The lowest BCUT2D eigenvalue weighted by atomic mass is 9.91. The summed E-state index contributed by atoms with van der Waals surface area (Å²) in [7, 11) is -4.06. The smallest absolute Gasteiger partial charge is 0.285 e. The van der Waals surface area contributed by atoms with Gasteiger partial charge < -0.3 is 5.73 Å². The highest BCUT2D eigenvalue weighted by molar-refractivity contribution is 7.90. The summed E-state index contributed by atoms with van der Waals surface area (Å²) in [6, 6.07) is 25.3. The lowest BCUT2D eigenvalue weighted by Crippen LogP contribution is -2.33. The van der Waals surface area contributed by atoms with Crippen LogP contribution in [-0.2, 0) is 10.0 Å². The van der Waals surface area contributed by atoms with Gasteiger partial charge in [-0.2, -0.15) is 18.5 Å². The lowest BCUT2D eigenvalue weighted by molar-refractivity contribution is 0.468. The normalized spacial score (nSPS) is 17.3.